The maximum atomic E-state index is 11.2. The van der Waals surface area contributed by atoms with E-state index >= 15 is 0 Å². The Hall–Kier alpha value is -1.23. The summed E-state index contributed by atoms with van der Waals surface area (Å²) < 4.78 is 16.3. The quantitative estimate of drug-likeness (QED) is 0.731. The first-order valence-corrected chi connectivity index (χ1v) is 5.17. The Morgan fingerprint density at radius 3 is 3.07 bits per heavy atom. The van der Waals surface area contributed by atoms with Gasteiger partial charge in [-0.2, -0.15) is 0 Å². The molecule has 0 saturated heterocycles. The predicted molar refractivity (Wildman–Crippen MR) is 56.1 cm³/mol. The van der Waals surface area contributed by atoms with Crippen LogP contribution in [0.5, 0.6) is 11.5 Å². The van der Waals surface area contributed by atoms with Gasteiger partial charge in [0.05, 0.1) is 7.11 Å². The molecule has 1 aromatic rings. The van der Waals surface area contributed by atoms with Gasteiger partial charge in [0.25, 0.3) is 0 Å². The fourth-order valence-electron chi connectivity index (χ4n) is 1.29. The van der Waals surface area contributed by atoms with Gasteiger partial charge in [0, 0.05) is 4.47 Å². The van der Waals surface area contributed by atoms with Crippen molar-refractivity contribution in [2.45, 2.75) is 6.10 Å². The van der Waals surface area contributed by atoms with E-state index in [1.807, 2.05) is 6.07 Å². The number of hydrogen-bond donors (Lipinski definition) is 0. The Morgan fingerprint density at radius 1 is 1.53 bits per heavy atom. The largest absolute Gasteiger partial charge is 0.485 e. The second kappa shape index (κ2) is 4.10. The molecule has 1 aliphatic rings. The molecular formula is C10H9BrO4. The summed E-state index contributed by atoms with van der Waals surface area (Å²) in [6.07, 6.45) is -0.684. The van der Waals surface area contributed by atoms with Crippen molar-refractivity contribution in [2.24, 2.45) is 0 Å². The highest BCUT2D eigenvalue weighted by Gasteiger charge is 2.28. The van der Waals surface area contributed by atoms with E-state index in [4.69, 9.17) is 9.47 Å². The SMILES string of the molecule is COC(=O)C1COc2ccc(Br)cc2O1. The minimum absolute atomic E-state index is 0.182. The molecule has 0 aliphatic carbocycles. The van der Waals surface area contributed by atoms with Crippen molar-refractivity contribution < 1.29 is 19.0 Å². The molecule has 4 nitrogen and oxygen atoms in total. The van der Waals surface area contributed by atoms with Gasteiger partial charge in [0.2, 0.25) is 6.10 Å². The molecule has 0 radical (unpaired) electrons. The fourth-order valence-corrected chi connectivity index (χ4v) is 1.63. The Kier molecular flexibility index (Phi) is 2.81. The summed E-state index contributed by atoms with van der Waals surface area (Å²) in [4.78, 5) is 11.2. The number of hydrogen-bond acceptors (Lipinski definition) is 4. The molecule has 1 unspecified atom stereocenters. The maximum absolute atomic E-state index is 11.2. The zero-order valence-electron chi connectivity index (χ0n) is 8.03. The lowest BCUT2D eigenvalue weighted by atomic mass is 10.2. The first-order chi connectivity index (χ1) is 7.20. The Labute approximate surface area is 95.3 Å². The van der Waals surface area contributed by atoms with E-state index in [0.717, 1.165) is 4.47 Å². The van der Waals surface area contributed by atoms with E-state index in [1.165, 1.54) is 7.11 Å². The topological polar surface area (TPSA) is 44.8 Å². The molecule has 0 spiro atoms. The first-order valence-electron chi connectivity index (χ1n) is 4.37. The molecule has 0 fully saturated rings. The Balaban J connectivity index is 2.22. The standard InChI is InChI=1S/C10H9BrO4/c1-13-10(12)9-5-14-7-3-2-6(11)4-8(7)15-9/h2-4,9H,5H2,1H3. The van der Waals surface area contributed by atoms with E-state index in [2.05, 4.69) is 20.7 Å². The number of benzene rings is 1. The molecule has 0 amide bonds. The molecule has 1 atom stereocenters. The summed E-state index contributed by atoms with van der Waals surface area (Å²) in [7, 11) is 1.32. The van der Waals surface area contributed by atoms with Gasteiger partial charge in [-0.15, -0.1) is 0 Å². The van der Waals surface area contributed by atoms with Crippen LogP contribution in [0.15, 0.2) is 22.7 Å². The lowest BCUT2D eigenvalue weighted by Crippen LogP contribution is -2.37. The van der Waals surface area contributed by atoms with Crippen LogP contribution in [-0.2, 0) is 9.53 Å². The summed E-state index contributed by atoms with van der Waals surface area (Å²) in [6.45, 7) is 0.182. The minimum atomic E-state index is -0.684. The number of carbonyl (C=O) groups excluding carboxylic acids is 1. The fraction of sp³-hybridized carbons (Fsp3) is 0.300. The molecule has 1 aromatic carbocycles. The summed E-state index contributed by atoms with van der Waals surface area (Å²) >= 11 is 3.31. The van der Waals surface area contributed by atoms with Crippen molar-refractivity contribution in [3.05, 3.63) is 22.7 Å². The van der Waals surface area contributed by atoms with Crippen molar-refractivity contribution in [1.82, 2.24) is 0 Å². The minimum Gasteiger partial charge on any atom is -0.485 e. The van der Waals surface area contributed by atoms with Crippen LogP contribution in [0.2, 0.25) is 0 Å². The van der Waals surface area contributed by atoms with Crippen molar-refractivity contribution >= 4 is 21.9 Å². The van der Waals surface area contributed by atoms with Crippen molar-refractivity contribution in [3.8, 4) is 11.5 Å². The van der Waals surface area contributed by atoms with Crippen LogP contribution in [0.4, 0.5) is 0 Å². The molecule has 1 heterocycles. The number of methoxy groups -OCH3 is 1. The van der Waals surface area contributed by atoms with Gasteiger partial charge in [-0.05, 0) is 18.2 Å². The number of ether oxygens (including phenoxy) is 3. The molecule has 2 rings (SSSR count). The molecule has 80 valence electrons. The molecular weight excluding hydrogens is 264 g/mol. The predicted octanol–water partition coefficient (Wildman–Crippen LogP) is 1.76. The normalized spacial score (nSPS) is 18.4. The van der Waals surface area contributed by atoms with E-state index in [0.29, 0.717) is 11.5 Å². The van der Waals surface area contributed by atoms with Crippen LogP contribution in [0.25, 0.3) is 0 Å². The average Bonchev–Trinajstić information content (AvgIpc) is 2.27. The Bertz CT molecular complexity index is 391. The first kappa shape index (κ1) is 10.3. The number of fused-ring (bicyclic) bond motifs is 1. The zero-order chi connectivity index (χ0) is 10.8. The molecule has 5 heteroatoms. The van der Waals surface area contributed by atoms with Crippen LogP contribution in [0.1, 0.15) is 0 Å². The van der Waals surface area contributed by atoms with Gasteiger partial charge in [0.1, 0.15) is 6.61 Å². The monoisotopic (exact) mass is 272 g/mol. The van der Waals surface area contributed by atoms with E-state index in [9.17, 15) is 4.79 Å². The van der Waals surface area contributed by atoms with Crippen LogP contribution in [-0.4, -0.2) is 25.8 Å². The highest BCUT2D eigenvalue weighted by atomic mass is 79.9. The van der Waals surface area contributed by atoms with Gasteiger partial charge >= 0.3 is 5.97 Å². The van der Waals surface area contributed by atoms with Crippen molar-refractivity contribution in [2.75, 3.05) is 13.7 Å². The van der Waals surface area contributed by atoms with Gasteiger partial charge in [-0.25, -0.2) is 4.79 Å². The lowest BCUT2D eigenvalue weighted by molar-refractivity contribution is -0.151. The highest BCUT2D eigenvalue weighted by Crippen LogP contribution is 2.34. The van der Waals surface area contributed by atoms with Gasteiger partial charge in [-0.3, -0.25) is 0 Å². The van der Waals surface area contributed by atoms with E-state index in [-0.39, 0.29) is 6.61 Å². The van der Waals surface area contributed by atoms with Crippen molar-refractivity contribution in [3.63, 3.8) is 0 Å². The molecule has 0 aromatic heterocycles. The third kappa shape index (κ3) is 2.07. The lowest BCUT2D eigenvalue weighted by Gasteiger charge is -2.24. The molecule has 0 saturated carbocycles. The van der Waals surface area contributed by atoms with Crippen LogP contribution in [0.3, 0.4) is 0 Å². The highest BCUT2D eigenvalue weighted by molar-refractivity contribution is 9.10. The van der Waals surface area contributed by atoms with E-state index in [1.54, 1.807) is 12.1 Å². The number of carbonyl (C=O) groups is 1. The molecule has 0 bridgehead atoms. The van der Waals surface area contributed by atoms with Gasteiger partial charge in [-0.1, -0.05) is 15.9 Å². The molecule has 0 N–H and O–H groups in total. The van der Waals surface area contributed by atoms with Crippen LogP contribution >= 0.6 is 15.9 Å². The number of esters is 1. The van der Waals surface area contributed by atoms with Crippen molar-refractivity contribution in [1.29, 1.82) is 0 Å². The molecule has 15 heavy (non-hydrogen) atoms. The number of rotatable bonds is 1. The average molecular weight is 273 g/mol. The van der Waals surface area contributed by atoms with Gasteiger partial charge in [0.15, 0.2) is 11.5 Å². The second-order valence-electron chi connectivity index (χ2n) is 3.03. The van der Waals surface area contributed by atoms with Gasteiger partial charge < -0.3 is 14.2 Å². The number of halogens is 1. The van der Waals surface area contributed by atoms with Crippen LogP contribution in [0, 0.1) is 0 Å². The Morgan fingerprint density at radius 2 is 2.33 bits per heavy atom. The summed E-state index contributed by atoms with van der Waals surface area (Å²) in [5, 5.41) is 0. The van der Waals surface area contributed by atoms with E-state index < -0.39 is 12.1 Å². The third-order valence-corrected chi connectivity index (χ3v) is 2.52. The van der Waals surface area contributed by atoms with Crippen LogP contribution < -0.4 is 9.47 Å². The summed E-state index contributed by atoms with van der Waals surface area (Å²) in [5.41, 5.74) is 0. The maximum Gasteiger partial charge on any atom is 0.350 e. The summed E-state index contributed by atoms with van der Waals surface area (Å²) in [6, 6.07) is 5.39. The summed E-state index contributed by atoms with van der Waals surface area (Å²) in [5.74, 6) is 0.755. The third-order valence-electron chi connectivity index (χ3n) is 2.03. The zero-order valence-corrected chi connectivity index (χ0v) is 9.61. The smallest absolute Gasteiger partial charge is 0.350 e. The molecule has 1 aliphatic heterocycles. The second-order valence-corrected chi connectivity index (χ2v) is 3.95.